The second-order valence-electron chi connectivity index (χ2n) is 3.20. The number of aliphatic hydroxyl groups is 1. The number of terminal acetylenes is 1. The van der Waals surface area contributed by atoms with Crippen molar-refractivity contribution in [2.24, 2.45) is 0 Å². The molecular formula is C12H12Br2O2. The summed E-state index contributed by atoms with van der Waals surface area (Å²) in [5.41, 5.74) is 0.828. The van der Waals surface area contributed by atoms with Crippen LogP contribution in [-0.4, -0.2) is 11.7 Å². The van der Waals surface area contributed by atoms with Gasteiger partial charge in [0.1, 0.15) is 5.75 Å². The first kappa shape index (κ1) is 13.6. The third kappa shape index (κ3) is 3.82. The van der Waals surface area contributed by atoms with E-state index in [9.17, 15) is 0 Å². The van der Waals surface area contributed by atoms with Gasteiger partial charge in [0, 0.05) is 6.42 Å². The topological polar surface area (TPSA) is 29.5 Å². The molecule has 0 saturated heterocycles. The Labute approximate surface area is 112 Å². The Morgan fingerprint density at radius 3 is 2.44 bits per heavy atom. The minimum atomic E-state index is 0.00851. The van der Waals surface area contributed by atoms with E-state index in [1.807, 2.05) is 12.1 Å². The normalized spacial score (nSPS) is 9.88. The Bertz CT molecular complexity index is 373. The van der Waals surface area contributed by atoms with Gasteiger partial charge in [0.05, 0.1) is 22.2 Å². The molecule has 0 aliphatic heterocycles. The summed E-state index contributed by atoms with van der Waals surface area (Å²) >= 11 is 6.80. The molecule has 16 heavy (non-hydrogen) atoms. The maximum atomic E-state index is 9.02. The summed E-state index contributed by atoms with van der Waals surface area (Å²) in [6.07, 6.45) is 6.70. The molecular weight excluding hydrogens is 336 g/mol. The van der Waals surface area contributed by atoms with Crippen molar-refractivity contribution in [2.45, 2.75) is 19.4 Å². The molecule has 0 amide bonds. The third-order valence-corrected chi connectivity index (χ3v) is 3.13. The van der Waals surface area contributed by atoms with Crippen LogP contribution >= 0.6 is 31.9 Å². The fourth-order valence-corrected chi connectivity index (χ4v) is 2.70. The van der Waals surface area contributed by atoms with Gasteiger partial charge in [-0.05, 0) is 56.0 Å². The minimum Gasteiger partial charge on any atom is -0.491 e. The Kier molecular flexibility index (Phi) is 5.89. The van der Waals surface area contributed by atoms with Crippen molar-refractivity contribution >= 4 is 31.9 Å². The van der Waals surface area contributed by atoms with Crippen molar-refractivity contribution in [3.05, 3.63) is 26.6 Å². The molecule has 2 nitrogen and oxygen atoms in total. The Hall–Kier alpha value is -0.500. The number of ether oxygens (including phenoxy) is 1. The Morgan fingerprint density at radius 2 is 1.94 bits per heavy atom. The quantitative estimate of drug-likeness (QED) is 0.652. The number of aliphatic hydroxyl groups excluding tert-OH is 1. The fraction of sp³-hybridized carbons (Fsp3) is 0.333. The van der Waals surface area contributed by atoms with Crippen molar-refractivity contribution < 1.29 is 9.84 Å². The summed E-state index contributed by atoms with van der Waals surface area (Å²) in [7, 11) is 0. The van der Waals surface area contributed by atoms with Crippen LogP contribution in [0.3, 0.4) is 0 Å². The molecule has 0 unspecified atom stereocenters. The summed E-state index contributed by atoms with van der Waals surface area (Å²) < 4.78 is 7.25. The molecule has 0 saturated carbocycles. The van der Waals surface area contributed by atoms with Crippen molar-refractivity contribution in [3.8, 4) is 18.1 Å². The molecule has 0 atom stereocenters. The van der Waals surface area contributed by atoms with Crippen LogP contribution in [0.4, 0.5) is 0 Å². The number of halogens is 2. The summed E-state index contributed by atoms with van der Waals surface area (Å²) in [6.45, 7) is 0.592. The lowest BCUT2D eigenvalue weighted by atomic mass is 10.2. The van der Waals surface area contributed by atoms with Crippen molar-refractivity contribution in [1.82, 2.24) is 0 Å². The highest BCUT2D eigenvalue weighted by Gasteiger charge is 2.08. The van der Waals surface area contributed by atoms with Gasteiger partial charge in [-0.1, -0.05) is 0 Å². The van der Waals surface area contributed by atoms with Gasteiger partial charge in [-0.2, -0.15) is 0 Å². The van der Waals surface area contributed by atoms with Gasteiger partial charge in [0.25, 0.3) is 0 Å². The van der Waals surface area contributed by atoms with Crippen molar-refractivity contribution in [1.29, 1.82) is 0 Å². The van der Waals surface area contributed by atoms with Gasteiger partial charge in [-0.3, -0.25) is 0 Å². The predicted molar refractivity (Wildman–Crippen MR) is 71.3 cm³/mol. The van der Waals surface area contributed by atoms with Crippen LogP contribution in [0.15, 0.2) is 21.1 Å². The van der Waals surface area contributed by atoms with Gasteiger partial charge in [-0.15, -0.1) is 12.3 Å². The zero-order chi connectivity index (χ0) is 12.0. The van der Waals surface area contributed by atoms with E-state index in [0.717, 1.165) is 26.7 Å². The lowest BCUT2D eigenvalue weighted by molar-refractivity contribution is 0.280. The van der Waals surface area contributed by atoms with Crippen LogP contribution in [0, 0.1) is 12.3 Å². The van der Waals surface area contributed by atoms with Crippen molar-refractivity contribution in [2.75, 3.05) is 6.61 Å². The zero-order valence-electron chi connectivity index (χ0n) is 8.67. The Balaban J connectivity index is 2.69. The number of hydrogen-bond acceptors (Lipinski definition) is 2. The zero-order valence-corrected chi connectivity index (χ0v) is 11.8. The monoisotopic (exact) mass is 346 g/mol. The molecule has 1 aromatic carbocycles. The van der Waals surface area contributed by atoms with E-state index in [1.165, 1.54) is 0 Å². The van der Waals surface area contributed by atoms with Crippen LogP contribution in [0.5, 0.6) is 5.75 Å². The first-order valence-electron chi connectivity index (χ1n) is 4.84. The summed E-state index contributed by atoms with van der Waals surface area (Å²) in [5, 5.41) is 9.02. The van der Waals surface area contributed by atoms with Gasteiger partial charge >= 0.3 is 0 Å². The van der Waals surface area contributed by atoms with Gasteiger partial charge in [0.2, 0.25) is 0 Å². The highest BCUT2D eigenvalue weighted by Crippen LogP contribution is 2.34. The fourth-order valence-electron chi connectivity index (χ4n) is 1.19. The molecule has 4 heteroatoms. The van der Waals surface area contributed by atoms with Gasteiger partial charge in [-0.25, -0.2) is 0 Å². The number of rotatable bonds is 5. The molecule has 0 aliphatic carbocycles. The SMILES string of the molecule is C#CCCCOc1c(Br)cc(CO)cc1Br. The standard InChI is InChI=1S/C12H12Br2O2/c1-2-3-4-5-16-12-10(13)6-9(8-15)7-11(12)14/h1,6-7,15H,3-5,8H2. The molecule has 1 rings (SSSR count). The van der Waals surface area contributed by atoms with Crippen LogP contribution in [-0.2, 0) is 6.61 Å². The molecule has 86 valence electrons. The first-order chi connectivity index (χ1) is 7.69. The number of hydrogen-bond donors (Lipinski definition) is 1. The predicted octanol–water partition coefficient (Wildman–Crippen LogP) is 3.50. The van der Waals surface area contributed by atoms with Gasteiger partial charge in [0.15, 0.2) is 0 Å². The minimum absolute atomic E-state index is 0.00851. The second-order valence-corrected chi connectivity index (χ2v) is 4.91. The van der Waals surface area contributed by atoms with Gasteiger partial charge < -0.3 is 9.84 Å². The maximum absolute atomic E-state index is 9.02. The van der Waals surface area contributed by atoms with E-state index < -0.39 is 0 Å². The molecule has 0 bridgehead atoms. The average Bonchev–Trinajstić information content (AvgIpc) is 2.26. The lowest BCUT2D eigenvalue weighted by Crippen LogP contribution is -1.99. The third-order valence-electron chi connectivity index (χ3n) is 1.95. The first-order valence-corrected chi connectivity index (χ1v) is 6.42. The molecule has 1 N–H and O–H groups in total. The lowest BCUT2D eigenvalue weighted by Gasteiger charge is -2.11. The molecule has 0 aliphatic rings. The van der Waals surface area contributed by atoms with E-state index in [-0.39, 0.29) is 6.61 Å². The number of benzene rings is 1. The summed E-state index contributed by atoms with van der Waals surface area (Å²) in [5.74, 6) is 3.31. The van der Waals surface area contributed by atoms with E-state index >= 15 is 0 Å². The summed E-state index contributed by atoms with van der Waals surface area (Å²) in [6, 6.07) is 3.67. The average molecular weight is 348 g/mol. The molecule has 0 spiro atoms. The Morgan fingerprint density at radius 1 is 1.31 bits per heavy atom. The van der Waals surface area contributed by atoms with E-state index in [2.05, 4.69) is 37.8 Å². The number of unbranched alkanes of at least 4 members (excludes halogenated alkanes) is 1. The maximum Gasteiger partial charge on any atom is 0.147 e. The highest BCUT2D eigenvalue weighted by molar-refractivity contribution is 9.11. The van der Waals surface area contributed by atoms with E-state index in [1.54, 1.807) is 0 Å². The molecule has 1 aromatic rings. The van der Waals surface area contributed by atoms with Crippen molar-refractivity contribution in [3.63, 3.8) is 0 Å². The van der Waals surface area contributed by atoms with E-state index in [4.69, 9.17) is 16.3 Å². The van der Waals surface area contributed by atoms with Crippen LogP contribution in [0.1, 0.15) is 18.4 Å². The molecule has 0 fully saturated rings. The van der Waals surface area contributed by atoms with E-state index in [0.29, 0.717) is 13.0 Å². The molecule has 0 heterocycles. The largest absolute Gasteiger partial charge is 0.491 e. The second kappa shape index (κ2) is 6.95. The van der Waals surface area contributed by atoms with Crippen LogP contribution < -0.4 is 4.74 Å². The molecule has 0 radical (unpaired) electrons. The highest BCUT2D eigenvalue weighted by atomic mass is 79.9. The summed E-state index contributed by atoms with van der Waals surface area (Å²) in [4.78, 5) is 0. The smallest absolute Gasteiger partial charge is 0.147 e. The van der Waals surface area contributed by atoms with Crippen LogP contribution in [0.25, 0.3) is 0 Å². The molecule has 0 aromatic heterocycles. The van der Waals surface area contributed by atoms with Crippen LogP contribution in [0.2, 0.25) is 0 Å².